The summed E-state index contributed by atoms with van der Waals surface area (Å²) >= 11 is 0. The van der Waals surface area contributed by atoms with Gasteiger partial charge in [0.05, 0.1) is 0 Å². The van der Waals surface area contributed by atoms with E-state index in [1.54, 1.807) is 6.33 Å². The molecule has 2 N–H and O–H groups in total. The largest absolute Gasteiger partial charge is 0.369 e. The number of nitrogens with zero attached hydrogens (tertiary/aromatic N) is 3. The Balaban J connectivity index is 1.97. The quantitative estimate of drug-likeness (QED) is 0.821. The summed E-state index contributed by atoms with van der Waals surface area (Å²) in [4.78, 5) is 10.6. The van der Waals surface area contributed by atoms with Crippen LogP contribution in [0.3, 0.4) is 0 Å². The molecular weight excluding hydrogens is 274 g/mol. The van der Waals surface area contributed by atoms with Crippen molar-refractivity contribution in [3.8, 4) is 0 Å². The molecule has 0 fully saturated rings. The van der Waals surface area contributed by atoms with Crippen LogP contribution in [0.4, 0.5) is 17.3 Å². The van der Waals surface area contributed by atoms with Crippen LogP contribution in [-0.2, 0) is 0 Å². The number of hydrogen-bond donors (Lipinski definition) is 2. The van der Waals surface area contributed by atoms with Gasteiger partial charge >= 0.3 is 0 Å². The zero-order valence-electron chi connectivity index (χ0n) is 13.8. The van der Waals surface area contributed by atoms with Crippen molar-refractivity contribution in [2.75, 3.05) is 37.8 Å². The van der Waals surface area contributed by atoms with Crippen molar-refractivity contribution in [1.29, 1.82) is 0 Å². The van der Waals surface area contributed by atoms with Gasteiger partial charge in [-0.25, -0.2) is 9.97 Å². The van der Waals surface area contributed by atoms with Crippen LogP contribution < -0.4 is 10.6 Å². The Morgan fingerprint density at radius 3 is 2.36 bits per heavy atom. The summed E-state index contributed by atoms with van der Waals surface area (Å²) in [6.07, 6.45) is 1.57. The average molecular weight is 299 g/mol. The number of rotatable bonds is 7. The lowest BCUT2D eigenvalue weighted by Crippen LogP contribution is -2.21. The number of hydrogen-bond acceptors (Lipinski definition) is 5. The van der Waals surface area contributed by atoms with Crippen molar-refractivity contribution in [2.24, 2.45) is 0 Å². The van der Waals surface area contributed by atoms with Crippen LogP contribution in [-0.4, -0.2) is 42.1 Å². The average Bonchev–Trinajstić information content (AvgIpc) is 2.48. The highest BCUT2D eigenvalue weighted by atomic mass is 15.1. The van der Waals surface area contributed by atoms with E-state index < -0.39 is 0 Å². The maximum absolute atomic E-state index is 4.26. The summed E-state index contributed by atoms with van der Waals surface area (Å²) in [5.74, 6) is 2.17. The summed E-state index contributed by atoms with van der Waals surface area (Å²) in [5.41, 5.74) is 2.36. The Morgan fingerprint density at radius 2 is 1.73 bits per heavy atom. The number of likely N-dealkylation sites (N-methyl/N-ethyl adjacent to an activating group) is 1. The van der Waals surface area contributed by atoms with E-state index in [0.717, 1.165) is 30.4 Å². The van der Waals surface area contributed by atoms with Crippen LogP contribution in [0.1, 0.15) is 25.3 Å². The smallest absolute Gasteiger partial charge is 0.135 e. The van der Waals surface area contributed by atoms with Crippen molar-refractivity contribution in [1.82, 2.24) is 14.9 Å². The summed E-state index contributed by atoms with van der Waals surface area (Å²) < 4.78 is 0. The molecule has 0 atom stereocenters. The van der Waals surface area contributed by atoms with Crippen LogP contribution in [0.2, 0.25) is 0 Å². The normalized spacial score (nSPS) is 11.0. The Bertz CT molecular complexity index is 578. The molecule has 0 radical (unpaired) electrons. The third-order valence-corrected chi connectivity index (χ3v) is 3.38. The highest BCUT2D eigenvalue weighted by Gasteiger charge is 2.02. The third kappa shape index (κ3) is 5.00. The maximum atomic E-state index is 4.26. The van der Waals surface area contributed by atoms with Crippen LogP contribution in [0.25, 0.3) is 0 Å². The van der Waals surface area contributed by atoms with Gasteiger partial charge < -0.3 is 15.5 Å². The fraction of sp³-hybridized carbons (Fsp3) is 0.412. The lowest BCUT2D eigenvalue weighted by molar-refractivity contribution is 0.425. The molecule has 1 aromatic heterocycles. The first-order valence-electron chi connectivity index (χ1n) is 7.62. The van der Waals surface area contributed by atoms with E-state index in [0.29, 0.717) is 5.92 Å². The summed E-state index contributed by atoms with van der Waals surface area (Å²) in [5, 5.41) is 6.60. The van der Waals surface area contributed by atoms with Gasteiger partial charge in [0.15, 0.2) is 0 Å². The minimum absolute atomic E-state index is 0.542. The lowest BCUT2D eigenvalue weighted by Gasteiger charge is -2.12. The standard InChI is InChI=1S/C17H25N5/c1-13(2)14-5-7-15(8-6-14)21-17-11-16(19-12-20-17)18-9-10-22(3)4/h5-8,11-13H,9-10H2,1-4H3,(H2,18,19,20,21). The molecule has 0 aliphatic carbocycles. The fourth-order valence-corrected chi connectivity index (χ4v) is 2.03. The molecule has 2 rings (SSSR count). The van der Waals surface area contributed by atoms with E-state index in [1.807, 2.05) is 6.07 Å². The van der Waals surface area contributed by atoms with Gasteiger partial charge in [-0.1, -0.05) is 26.0 Å². The molecule has 5 heteroatoms. The first-order valence-corrected chi connectivity index (χ1v) is 7.62. The summed E-state index contributed by atoms with van der Waals surface area (Å²) in [6.45, 7) is 6.20. The SMILES string of the molecule is CC(C)c1ccc(Nc2cc(NCCN(C)C)ncn2)cc1. The van der Waals surface area contributed by atoms with E-state index in [4.69, 9.17) is 0 Å². The molecule has 0 aliphatic heterocycles. The van der Waals surface area contributed by atoms with Crippen LogP contribution >= 0.6 is 0 Å². The van der Waals surface area contributed by atoms with E-state index in [9.17, 15) is 0 Å². The Morgan fingerprint density at radius 1 is 1.05 bits per heavy atom. The molecule has 0 spiro atoms. The minimum atomic E-state index is 0.542. The summed E-state index contributed by atoms with van der Waals surface area (Å²) in [6, 6.07) is 10.4. The zero-order valence-corrected chi connectivity index (χ0v) is 13.8. The molecule has 0 saturated heterocycles. The highest BCUT2D eigenvalue weighted by Crippen LogP contribution is 2.20. The predicted octanol–water partition coefficient (Wildman–Crippen LogP) is 3.32. The molecular formula is C17H25N5. The van der Waals surface area contributed by atoms with Gasteiger partial charge in [0.1, 0.15) is 18.0 Å². The number of nitrogens with one attached hydrogen (secondary N) is 2. The van der Waals surface area contributed by atoms with Crippen LogP contribution in [0.15, 0.2) is 36.7 Å². The van der Waals surface area contributed by atoms with Gasteiger partial charge in [-0.05, 0) is 37.7 Å². The molecule has 118 valence electrons. The summed E-state index contributed by atoms with van der Waals surface area (Å²) in [7, 11) is 4.10. The molecule has 0 unspecified atom stereocenters. The molecule has 5 nitrogen and oxygen atoms in total. The van der Waals surface area contributed by atoms with E-state index >= 15 is 0 Å². The molecule has 1 aromatic carbocycles. The highest BCUT2D eigenvalue weighted by molar-refractivity contribution is 5.59. The number of anilines is 3. The predicted molar refractivity (Wildman–Crippen MR) is 92.9 cm³/mol. The first kappa shape index (κ1) is 16.2. The second kappa shape index (κ2) is 7.75. The van der Waals surface area contributed by atoms with Crippen molar-refractivity contribution in [3.63, 3.8) is 0 Å². The third-order valence-electron chi connectivity index (χ3n) is 3.38. The second-order valence-corrected chi connectivity index (χ2v) is 5.92. The van der Waals surface area contributed by atoms with E-state index in [1.165, 1.54) is 5.56 Å². The van der Waals surface area contributed by atoms with Crippen LogP contribution in [0.5, 0.6) is 0 Å². The topological polar surface area (TPSA) is 53.1 Å². The molecule has 2 aromatic rings. The molecule has 22 heavy (non-hydrogen) atoms. The molecule has 0 saturated carbocycles. The number of benzene rings is 1. The fourth-order valence-electron chi connectivity index (χ4n) is 2.03. The van der Waals surface area contributed by atoms with Crippen LogP contribution in [0, 0.1) is 0 Å². The Hall–Kier alpha value is -2.14. The zero-order chi connectivity index (χ0) is 15.9. The van der Waals surface area contributed by atoms with E-state index in [2.05, 4.69) is 77.7 Å². The molecule has 1 heterocycles. The van der Waals surface area contributed by atoms with Crippen molar-refractivity contribution in [2.45, 2.75) is 19.8 Å². The Labute approximate surface area is 132 Å². The lowest BCUT2D eigenvalue weighted by atomic mass is 10.0. The van der Waals surface area contributed by atoms with Gasteiger partial charge in [0, 0.05) is 24.8 Å². The van der Waals surface area contributed by atoms with Crippen molar-refractivity contribution >= 4 is 17.3 Å². The van der Waals surface area contributed by atoms with Gasteiger partial charge in [0.2, 0.25) is 0 Å². The van der Waals surface area contributed by atoms with Gasteiger partial charge in [-0.3, -0.25) is 0 Å². The number of aromatic nitrogens is 2. The monoisotopic (exact) mass is 299 g/mol. The van der Waals surface area contributed by atoms with Crippen molar-refractivity contribution < 1.29 is 0 Å². The van der Waals surface area contributed by atoms with Gasteiger partial charge in [0.25, 0.3) is 0 Å². The van der Waals surface area contributed by atoms with Crippen molar-refractivity contribution in [3.05, 3.63) is 42.2 Å². The molecule has 0 aliphatic rings. The minimum Gasteiger partial charge on any atom is -0.369 e. The molecule has 0 amide bonds. The van der Waals surface area contributed by atoms with Gasteiger partial charge in [-0.15, -0.1) is 0 Å². The first-order chi connectivity index (χ1) is 10.5. The molecule has 0 bridgehead atoms. The second-order valence-electron chi connectivity index (χ2n) is 5.92. The maximum Gasteiger partial charge on any atom is 0.135 e. The van der Waals surface area contributed by atoms with Gasteiger partial charge in [-0.2, -0.15) is 0 Å². The van der Waals surface area contributed by atoms with E-state index in [-0.39, 0.29) is 0 Å². The Kier molecular flexibility index (Phi) is 5.72.